The highest BCUT2D eigenvalue weighted by molar-refractivity contribution is 5.97. The van der Waals surface area contributed by atoms with Gasteiger partial charge in [-0.2, -0.15) is 0 Å². The molecule has 31 heavy (non-hydrogen) atoms. The maximum Gasteiger partial charge on any atom is 0.404 e. The average molecular weight is 423 g/mol. The number of carbonyl (C=O) groups excluding carboxylic acids is 3. The Morgan fingerprint density at radius 3 is 2.00 bits per heavy atom. The number of hydrogen-bond donors (Lipinski definition) is 4. The number of hydrogen-bond acceptors (Lipinski definition) is 5. The lowest BCUT2D eigenvalue weighted by atomic mass is 9.84. The van der Waals surface area contributed by atoms with Crippen LogP contribution in [0.4, 0.5) is 4.79 Å². The second-order valence-electron chi connectivity index (χ2n) is 7.84. The fourth-order valence-electron chi connectivity index (χ4n) is 2.81. The van der Waals surface area contributed by atoms with Crippen molar-refractivity contribution >= 4 is 17.9 Å². The maximum absolute atomic E-state index is 12.7. The summed E-state index contributed by atoms with van der Waals surface area (Å²) in [6, 6.07) is 14.6. The van der Waals surface area contributed by atoms with Crippen LogP contribution in [0.25, 0.3) is 0 Å². The third kappa shape index (κ3) is 6.87. The van der Waals surface area contributed by atoms with Crippen molar-refractivity contribution in [3.8, 4) is 11.8 Å². The standard InChI is InChI=1S/C23H25N3O5/c1-23(2,3)19(31-22(24)29)18(21(28)26-30)25-20(27)17-13-11-16(12-14-17)10-9-15-7-5-4-6-8-15/h4-8,11-14,18-19,30H,1-3H3,(H2,24,29)(H,25,27)(H,26,28). The van der Waals surface area contributed by atoms with Gasteiger partial charge in [-0.05, 0) is 36.4 Å². The lowest BCUT2D eigenvalue weighted by Gasteiger charge is -2.35. The van der Waals surface area contributed by atoms with Crippen molar-refractivity contribution in [2.24, 2.45) is 11.1 Å². The van der Waals surface area contributed by atoms with Gasteiger partial charge in [-0.3, -0.25) is 14.8 Å². The van der Waals surface area contributed by atoms with Gasteiger partial charge in [0.05, 0.1) is 0 Å². The summed E-state index contributed by atoms with van der Waals surface area (Å²) < 4.78 is 5.06. The highest BCUT2D eigenvalue weighted by atomic mass is 16.6. The van der Waals surface area contributed by atoms with Crippen LogP contribution in [0.3, 0.4) is 0 Å². The van der Waals surface area contributed by atoms with E-state index < -0.39 is 35.5 Å². The molecule has 3 amide bonds. The van der Waals surface area contributed by atoms with E-state index in [0.717, 1.165) is 5.56 Å². The van der Waals surface area contributed by atoms with Crippen molar-refractivity contribution in [2.75, 3.05) is 0 Å². The number of nitrogens with two attached hydrogens (primary N) is 1. The summed E-state index contributed by atoms with van der Waals surface area (Å²) in [5.74, 6) is 4.48. The third-order valence-corrected chi connectivity index (χ3v) is 4.35. The zero-order valence-corrected chi connectivity index (χ0v) is 17.5. The highest BCUT2D eigenvalue weighted by Gasteiger charge is 2.40. The Balaban J connectivity index is 2.20. The van der Waals surface area contributed by atoms with E-state index in [-0.39, 0.29) is 5.56 Å². The normalized spacial score (nSPS) is 12.5. The van der Waals surface area contributed by atoms with Crippen LogP contribution < -0.4 is 16.5 Å². The first-order valence-corrected chi connectivity index (χ1v) is 9.50. The molecule has 8 nitrogen and oxygen atoms in total. The second kappa shape index (κ2) is 10.3. The number of ether oxygens (including phenoxy) is 1. The molecule has 0 aliphatic heterocycles. The molecule has 0 aromatic heterocycles. The molecule has 2 unspecified atom stereocenters. The fourth-order valence-corrected chi connectivity index (χ4v) is 2.81. The summed E-state index contributed by atoms with van der Waals surface area (Å²) in [6.45, 7) is 5.10. The van der Waals surface area contributed by atoms with Gasteiger partial charge in [0.2, 0.25) is 0 Å². The second-order valence-corrected chi connectivity index (χ2v) is 7.84. The summed E-state index contributed by atoms with van der Waals surface area (Å²) in [4.78, 5) is 36.2. The molecule has 0 heterocycles. The van der Waals surface area contributed by atoms with Gasteiger partial charge in [0.15, 0.2) is 0 Å². The monoisotopic (exact) mass is 423 g/mol. The first kappa shape index (κ1) is 23.4. The number of amides is 3. The molecule has 8 heteroatoms. The molecule has 0 saturated heterocycles. The number of hydroxylamine groups is 1. The van der Waals surface area contributed by atoms with Crippen molar-refractivity contribution in [1.82, 2.24) is 10.8 Å². The van der Waals surface area contributed by atoms with Gasteiger partial charge in [0, 0.05) is 22.1 Å². The molecule has 2 aromatic rings. The zero-order chi connectivity index (χ0) is 23.0. The van der Waals surface area contributed by atoms with Crippen LogP contribution in [0.5, 0.6) is 0 Å². The third-order valence-electron chi connectivity index (χ3n) is 4.35. The topological polar surface area (TPSA) is 131 Å². The van der Waals surface area contributed by atoms with Gasteiger partial charge < -0.3 is 15.8 Å². The molecule has 0 saturated carbocycles. The molecule has 0 radical (unpaired) electrons. The van der Waals surface area contributed by atoms with E-state index >= 15 is 0 Å². The molecule has 0 aliphatic rings. The molecule has 0 spiro atoms. The van der Waals surface area contributed by atoms with Crippen LogP contribution in [-0.4, -0.2) is 35.3 Å². The van der Waals surface area contributed by atoms with Crippen molar-refractivity contribution in [3.63, 3.8) is 0 Å². The minimum Gasteiger partial charge on any atom is -0.443 e. The minimum absolute atomic E-state index is 0.257. The van der Waals surface area contributed by atoms with Gasteiger partial charge in [0.1, 0.15) is 12.1 Å². The lowest BCUT2D eigenvalue weighted by Crippen LogP contribution is -2.58. The number of rotatable bonds is 5. The molecule has 0 bridgehead atoms. The summed E-state index contributed by atoms with van der Waals surface area (Å²) in [7, 11) is 0. The van der Waals surface area contributed by atoms with Crippen LogP contribution in [0.15, 0.2) is 54.6 Å². The van der Waals surface area contributed by atoms with Crippen molar-refractivity contribution in [1.29, 1.82) is 0 Å². The fraction of sp³-hybridized carbons (Fsp3) is 0.261. The van der Waals surface area contributed by atoms with E-state index in [1.165, 1.54) is 5.48 Å². The van der Waals surface area contributed by atoms with Crippen LogP contribution in [0.2, 0.25) is 0 Å². The molecular formula is C23H25N3O5. The Bertz CT molecular complexity index is 986. The van der Waals surface area contributed by atoms with E-state index in [2.05, 4.69) is 17.2 Å². The van der Waals surface area contributed by atoms with Gasteiger partial charge in [-0.1, -0.05) is 50.8 Å². The van der Waals surface area contributed by atoms with Crippen molar-refractivity contribution < 1.29 is 24.3 Å². The number of primary amides is 1. The summed E-state index contributed by atoms with van der Waals surface area (Å²) in [5.41, 5.74) is 7.66. The first-order chi connectivity index (χ1) is 14.6. The van der Waals surface area contributed by atoms with Crippen LogP contribution in [-0.2, 0) is 9.53 Å². The van der Waals surface area contributed by atoms with E-state index in [0.29, 0.717) is 5.56 Å². The molecular weight excluding hydrogens is 398 g/mol. The van der Waals surface area contributed by atoms with Gasteiger partial charge in [-0.15, -0.1) is 0 Å². The summed E-state index contributed by atoms with van der Waals surface area (Å²) in [5, 5.41) is 11.6. The van der Waals surface area contributed by atoms with E-state index in [1.807, 2.05) is 30.3 Å². The first-order valence-electron chi connectivity index (χ1n) is 9.50. The van der Waals surface area contributed by atoms with Gasteiger partial charge >= 0.3 is 6.09 Å². The van der Waals surface area contributed by atoms with E-state index in [9.17, 15) is 14.4 Å². The highest BCUT2D eigenvalue weighted by Crippen LogP contribution is 2.25. The maximum atomic E-state index is 12.7. The smallest absolute Gasteiger partial charge is 0.404 e. The summed E-state index contributed by atoms with van der Waals surface area (Å²) in [6.07, 6.45) is -2.23. The molecule has 5 N–H and O–H groups in total. The Morgan fingerprint density at radius 2 is 1.52 bits per heavy atom. The van der Waals surface area contributed by atoms with Gasteiger partial charge in [-0.25, -0.2) is 10.3 Å². The lowest BCUT2D eigenvalue weighted by molar-refractivity contribution is -0.136. The van der Waals surface area contributed by atoms with Crippen LogP contribution >= 0.6 is 0 Å². The van der Waals surface area contributed by atoms with Crippen molar-refractivity contribution in [3.05, 3.63) is 71.3 Å². The Hall–Kier alpha value is -3.83. The number of benzene rings is 2. The predicted octanol–water partition coefficient (Wildman–Crippen LogP) is 2.20. The molecule has 2 rings (SSSR count). The number of carbonyl (C=O) groups is 3. The quantitative estimate of drug-likeness (QED) is 0.333. The zero-order valence-electron chi connectivity index (χ0n) is 17.5. The number of nitrogens with one attached hydrogen (secondary N) is 2. The van der Waals surface area contributed by atoms with E-state index in [4.69, 9.17) is 15.7 Å². The molecule has 2 aromatic carbocycles. The Labute approximate surface area is 180 Å². The summed E-state index contributed by atoms with van der Waals surface area (Å²) >= 11 is 0. The van der Waals surface area contributed by atoms with E-state index in [1.54, 1.807) is 45.0 Å². The SMILES string of the molecule is CC(C)(C)C(OC(N)=O)C(NC(=O)c1ccc(C#Cc2ccccc2)cc1)C(=O)NO. The Kier molecular flexibility index (Phi) is 7.77. The minimum atomic E-state index is -1.37. The average Bonchev–Trinajstić information content (AvgIpc) is 2.74. The molecule has 0 fully saturated rings. The predicted molar refractivity (Wildman–Crippen MR) is 114 cm³/mol. The van der Waals surface area contributed by atoms with Crippen LogP contribution in [0.1, 0.15) is 42.3 Å². The van der Waals surface area contributed by atoms with Crippen molar-refractivity contribution in [2.45, 2.75) is 32.9 Å². The van der Waals surface area contributed by atoms with Crippen LogP contribution in [0, 0.1) is 17.3 Å². The molecule has 162 valence electrons. The van der Waals surface area contributed by atoms with Gasteiger partial charge in [0.25, 0.3) is 11.8 Å². The molecule has 0 aliphatic carbocycles. The Morgan fingerprint density at radius 1 is 0.968 bits per heavy atom. The molecule has 2 atom stereocenters. The largest absolute Gasteiger partial charge is 0.443 e.